The number of rotatable bonds is 7. The van der Waals surface area contributed by atoms with Crippen LogP contribution in [-0.2, 0) is 6.54 Å². The largest absolute Gasteiger partial charge is 0.478 e. The van der Waals surface area contributed by atoms with Gasteiger partial charge in [0, 0.05) is 18.1 Å². The molecule has 20 heavy (non-hydrogen) atoms. The monoisotopic (exact) mass is 273 g/mol. The maximum Gasteiger partial charge on any atom is 0.337 e. The number of unbranched alkanes of at least 4 members (excludes halogenated alkanes) is 1. The summed E-state index contributed by atoms with van der Waals surface area (Å²) < 4.78 is 2.11. The minimum atomic E-state index is -0.850. The number of aromatic carboxylic acids is 1. The molecule has 0 amide bonds. The Hall–Kier alpha value is -1.77. The van der Waals surface area contributed by atoms with Crippen LogP contribution < -0.4 is 0 Å². The molecule has 0 bridgehead atoms. The van der Waals surface area contributed by atoms with Gasteiger partial charge in [0.2, 0.25) is 0 Å². The summed E-state index contributed by atoms with van der Waals surface area (Å²) in [5.74, 6) is -0.232. The average molecular weight is 273 g/mol. The van der Waals surface area contributed by atoms with Gasteiger partial charge in [-0.15, -0.1) is 0 Å². The zero-order valence-electron chi connectivity index (χ0n) is 12.3. The number of carbonyl (C=O) groups is 1. The van der Waals surface area contributed by atoms with E-state index in [1.807, 2.05) is 24.4 Å². The Labute approximate surface area is 120 Å². The lowest BCUT2D eigenvalue weighted by Gasteiger charge is -2.17. The van der Waals surface area contributed by atoms with Crippen LogP contribution in [0.3, 0.4) is 0 Å². The number of para-hydroxylation sites is 1. The van der Waals surface area contributed by atoms with Crippen LogP contribution in [0.5, 0.6) is 0 Å². The smallest absolute Gasteiger partial charge is 0.337 e. The van der Waals surface area contributed by atoms with Gasteiger partial charge < -0.3 is 9.67 Å². The van der Waals surface area contributed by atoms with Gasteiger partial charge in [0.15, 0.2) is 0 Å². The summed E-state index contributed by atoms with van der Waals surface area (Å²) in [6.45, 7) is 5.33. The van der Waals surface area contributed by atoms with Crippen molar-refractivity contribution in [3.8, 4) is 0 Å². The first-order chi connectivity index (χ1) is 9.67. The van der Waals surface area contributed by atoms with E-state index in [1.54, 1.807) is 6.07 Å². The van der Waals surface area contributed by atoms with E-state index in [4.69, 9.17) is 0 Å². The van der Waals surface area contributed by atoms with Crippen molar-refractivity contribution in [2.75, 3.05) is 0 Å². The molecule has 3 nitrogen and oxygen atoms in total. The zero-order chi connectivity index (χ0) is 14.5. The normalized spacial score (nSPS) is 12.7. The Balaban J connectivity index is 2.32. The Morgan fingerprint density at radius 1 is 1.30 bits per heavy atom. The van der Waals surface area contributed by atoms with Gasteiger partial charge in [0.05, 0.1) is 11.1 Å². The lowest BCUT2D eigenvalue weighted by Crippen LogP contribution is -2.11. The third-order valence-corrected chi connectivity index (χ3v) is 4.02. The van der Waals surface area contributed by atoms with Gasteiger partial charge in [-0.2, -0.15) is 0 Å². The highest BCUT2D eigenvalue weighted by Crippen LogP contribution is 2.23. The highest BCUT2D eigenvalue weighted by atomic mass is 16.4. The van der Waals surface area contributed by atoms with Gasteiger partial charge in [0.25, 0.3) is 0 Å². The van der Waals surface area contributed by atoms with E-state index in [9.17, 15) is 9.90 Å². The predicted molar refractivity (Wildman–Crippen MR) is 82.2 cm³/mol. The van der Waals surface area contributed by atoms with Crippen molar-refractivity contribution in [3.05, 3.63) is 36.0 Å². The van der Waals surface area contributed by atoms with Crippen LogP contribution >= 0.6 is 0 Å². The molecule has 2 rings (SSSR count). The van der Waals surface area contributed by atoms with Crippen molar-refractivity contribution in [1.29, 1.82) is 0 Å². The Morgan fingerprint density at radius 3 is 2.75 bits per heavy atom. The molecular weight excluding hydrogens is 250 g/mol. The summed E-state index contributed by atoms with van der Waals surface area (Å²) in [7, 11) is 0. The maximum atomic E-state index is 11.4. The third kappa shape index (κ3) is 3.03. The van der Waals surface area contributed by atoms with Crippen LogP contribution in [-0.4, -0.2) is 15.6 Å². The Morgan fingerprint density at radius 2 is 2.10 bits per heavy atom. The first kappa shape index (κ1) is 14.6. The van der Waals surface area contributed by atoms with Crippen LogP contribution in [0.25, 0.3) is 10.9 Å². The predicted octanol–water partition coefficient (Wildman–Crippen LogP) is 4.56. The van der Waals surface area contributed by atoms with Crippen molar-refractivity contribution in [2.24, 2.45) is 5.92 Å². The second kappa shape index (κ2) is 6.60. The number of carboxylic acid groups (broad SMARTS) is 1. The first-order valence-corrected chi connectivity index (χ1v) is 7.48. The first-order valence-electron chi connectivity index (χ1n) is 7.48. The molecule has 0 radical (unpaired) electrons. The quantitative estimate of drug-likeness (QED) is 0.803. The van der Waals surface area contributed by atoms with Gasteiger partial charge in [0.1, 0.15) is 0 Å². The lowest BCUT2D eigenvalue weighted by molar-refractivity contribution is 0.0698. The average Bonchev–Trinajstić information content (AvgIpc) is 2.86. The molecule has 1 atom stereocenters. The molecule has 0 saturated carbocycles. The van der Waals surface area contributed by atoms with E-state index in [0.29, 0.717) is 11.5 Å². The van der Waals surface area contributed by atoms with Crippen molar-refractivity contribution in [2.45, 2.75) is 46.1 Å². The van der Waals surface area contributed by atoms with Gasteiger partial charge in [-0.05, 0) is 24.5 Å². The molecular formula is C17H23NO2. The van der Waals surface area contributed by atoms with Crippen LogP contribution in [0.2, 0.25) is 0 Å². The molecule has 0 aliphatic rings. The topological polar surface area (TPSA) is 42.2 Å². The fourth-order valence-corrected chi connectivity index (χ4v) is 2.78. The Bertz CT molecular complexity index is 586. The summed E-state index contributed by atoms with van der Waals surface area (Å²) in [6, 6.07) is 7.48. The van der Waals surface area contributed by atoms with Crippen molar-refractivity contribution in [1.82, 2.24) is 4.57 Å². The second-order valence-electron chi connectivity index (χ2n) is 5.43. The summed E-state index contributed by atoms with van der Waals surface area (Å²) in [4.78, 5) is 11.4. The molecule has 0 saturated heterocycles. The minimum absolute atomic E-state index is 0.401. The lowest BCUT2D eigenvalue weighted by atomic mass is 9.99. The summed E-state index contributed by atoms with van der Waals surface area (Å²) in [5.41, 5.74) is 1.26. The summed E-state index contributed by atoms with van der Waals surface area (Å²) in [5, 5.41) is 10.4. The SMILES string of the molecule is CCCCC(CC)Cn1ccc2cccc(C(=O)O)c21. The van der Waals surface area contributed by atoms with Gasteiger partial charge in [-0.3, -0.25) is 0 Å². The number of hydrogen-bond acceptors (Lipinski definition) is 1. The van der Waals surface area contributed by atoms with E-state index in [1.165, 1.54) is 19.3 Å². The standard InChI is InChI=1S/C17H23NO2/c1-3-5-7-13(4-2)12-18-11-10-14-8-6-9-15(16(14)18)17(19)20/h6,8-11,13H,3-5,7,12H2,1-2H3,(H,19,20). The number of carboxylic acids is 1. The molecule has 0 aliphatic carbocycles. The Kier molecular flexibility index (Phi) is 4.83. The fraction of sp³-hybridized carbons (Fsp3) is 0.471. The van der Waals surface area contributed by atoms with E-state index in [0.717, 1.165) is 23.9 Å². The van der Waals surface area contributed by atoms with Crippen LogP contribution in [0, 0.1) is 5.92 Å². The van der Waals surface area contributed by atoms with Gasteiger partial charge >= 0.3 is 5.97 Å². The molecule has 2 aromatic rings. The molecule has 0 fully saturated rings. The summed E-state index contributed by atoms with van der Waals surface area (Å²) in [6.07, 6.45) is 6.81. The highest BCUT2D eigenvalue weighted by molar-refractivity contribution is 6.02. The minimum Gasteiger partial charge on any atom is -0.478 e. The van der Waals surface area contributed by atoms with Crippen LogP contribution in [0.15, 0.2) is 30.5 Å². The zero-order valence-corrected chi connectivity index (χ0v) is 12.3. The van der Waals surface area contributed by atoms with Crippen molar-refractivity contribution < 1.29 is 9.90 Å². The van der Waals surface area contributed by atoms with Gasteiger partial charge in [-0.25, -0.2) is 4.79 Å². The van der Waals surface area contributed by atoms with E-state index < -0.39 is 5.97 Å². The number of fused-ring (bicyclic) bond motifs is 1. The van der Waals surface area contributed by atoms with Crippen molar-refractivity contribution >= 4 is 16.9 Å². The molecule has 1 aromatic heterocycles. The fourth-order valence-electron chi connectivity index (χ4n) is 2.78. The highest BCUT2D eigenvalue weighted by Gasteiger charge is 2.14. The van der Waals surface area contributed by atoms with E-state index in [-0.39, 0.29) is 0 Å². The van der Waals surface area contributed by atoms with Crippen molar-refractivity contribution in [3.63, 3.8) is 0 Å². The molecule has 1 aromatic carbocycles. The number of aromatic nitrogens is 1. The molecule has 1 N–H and O–H groups in total. The van der Waals surface area contributed by atoms with Crippen LogP contribution in [0.4, 0.5) is 0 Å². The second-order valence-corrected chi connectivity index (χ2v) is 5.43. The molecule has 0 aliphatic heterocycles. The molecule has 108 valence electrons. The molecule has 0 spiro atoms. The van der Waals surface area contributed by atoms with Crippen LogP contribution in [0.1, 0.15) is 49.9 Å². The molecule has 3 heteroatoms. The number of benzene rings is 1. The number of hydrogen-bond donors (Lipinski definition) is 1. The van der Waals surface area contributed by atoms with E-state index in [2.05, 4.69) is 18.4 Å². The summed E-state index contributed by atoms with van der Waals surface area (Å²) >= 11 is 0. The molecule has 1 unspecified atom stereocenters. The van der Waals surface area contributed by atoms with Gasteiger partial charge in [-0.1, -0.05) is 45.2 Å². The molecule has 1 heterocycles. The maximum absolute atomic E-state index is 11.4. The third-order valence-electron chi connectivity index (χ3n) is 4.02. The van der Waals surface area contributed by atoms with E-state index >= 15 is 0 Å². The number of nitrogens with zero attached hydrogens (tertiary/aromatic N) is 1.